The summed E-state index contributed by atoms with van der Waals surface area (Å²) in [6, 6.07) is 4.41. The fourth-order valence-corrected chi connectivity index (χ4v) is 1.46. The lowest BCUT2D eigenvalue weighted by molar-refractivity contribution is 0.414. The average Bonchev–Trinajstić information content (AvgIpc) is 2.60. The number of benzene rings is 1. The van der Waals surface area contributed by atoms with Gasteiger partial charge < -0.3 is 15.8 Å². The van der Waals surface area contributed by atoms with Crippen LogP contribution in [0.3, 0.4) is 0 Å². The SMILES string of the molecule is COc1ccc(F)c(Nc2nn(C)cc2N)c1. The Morgan fingerprint density at radius 1 is 1.47 bits per heavy atom. The number of hydrogen-bond acceptors (Lipinski definition) is 4. The molecule has 0 spiro atoms. The van der Waals surface area contributed by atoms with Crippen molar-refractivity contribution in [1.82, 2.24) is 9.78 Å². The van der Waals surface area contributed by atoms with Crippen LogP contribution in [0.5, 0.6) is 5.75 Å². The maximum absolute atomic E-state index is 13.5. The number of hydrogen-bond donors (Lipinski definition) is 2. The second kappa shape index (κ2) is 4.32. The Morgan fingerprint density at radius 3 is 2.82 bits per heavy atom. The average molecular weight is 236 g/mol. The fourth-order valence-electron chi connectivity index (χ4n) is 1.46. The zero-order valence-electron chi connectivity index (χ0n) is 9.57. The van der Waals surface area contributed by atoms with Gasteiger partial charge in [0, 0.05) is 19.3 Å². The quantitative estimate of drug-likeness (QED) is 0.854. The van der Waals surface area contributed by atoms with Gasteiger partial charge in [0.25, 0.3) is 0 Å². The topological polar surface area (TPSA) is 65.1 Å². The number of nitrogen functional groups attached to an aromatic ring is 1. The van der Waals surface area contributed by atoms with E-state index in [2.05, 4.69) is 10.4 Å². The summed E-state index contributed by atoms with van der Waals surface area (Å²) >= 11 is 0. The van der Waals surface area contributed by atoms with E-state index >= 15 is 0 Å². The highest BCUT2D eigenvalue weighted by Crippen LogP contribution is 2.26. The highest BCUT2D eigenvalue weighted by Gasteiger charge is 2.09. The number of ether oxygens (including phenoxy) is 1. The van der Waals surface area contributed by atoms with Crippen LogP contribution < -0.4 is 15.8 Å². The van der Waals surface area contributed by atoms with E-state index in [1.165, 1.54) is 13.2 Å². The van der Waals surface area contributed by atoms with Gasteiger partial charge in [0.1, 0.15) is 11.6 Å². The Kier molecular flexibility index (Phi) is 2.86. The number of nitrogens with one attached hydrogen (secondary N) is 1. The van der Waals surface area contributed by atoms with Crippen molar-refractivity contribution in [3.05, 3.63) is 30.2 Å². The number of rotatable bonds is 3. The molecule has 5 nitrogen and oxygen atoms in total. The van der Waals surface area contributed by atoms with Crippen LogP contribution in [0.2, 0.25) is 0 Å². The summed E-state index contributed by atoms with van der Waals surface area (Å²) in [4.78, 5) is 0. The third-order valence-electron chi connectivity index (χ3n) is 2.28. The standard InChI is InChI=1S/C11H13FN4O/c1-16-6-9(13)11(15-16)14-10-5-7(17-2)3-4-8(10)12/h3-6H,13H2,1-2H3,(H,14,15). The molecule has 17 heavy (non-hydrogen) atoms. The molecule has 0 amide bonds. The van der Waals surface area contributed by atoms with Crippen LogP contribution in [-0.4, -0.2) is 16.9 Å². The normalized spacial score (nSPS) is 10.3. The maximum atomic E-state index is 13.5. The van der Waals surface area contributed by atoms with Crippen LogP contribution in [0.4, 0.5) is 21.6 Å². The first-order valence-electron chi connectivity index (χ1n) is 5.00. The predicted octanol–water partition coefficient (Wildman–Crippen LogP) is 1.89. The number of anilines is 3. The smallest absolute Gasteiger partial charge is 0.175 e. The molecule has 0 bridgehead atoms. The van der Waals surface area contributed by atoms with Gasteiger partial charge in [-0.05, 0) is 12.1 Å². The molecule has 0 aliphatic carbocycles. The third kappa shape index (κ3) is 2.30. The lowest BCUT2D eigenvalue weighted by Gasteiger charge is -2.07. The van der Waals surface area contributed by atoms with Gasteiger partial charge in [-0.1, -0.05) is 0 Å². The highest BCUT2D eigenvalue weighted by atomic mass is 19.1. The lowest BCUT2D eigenvalue weighted by Crippen LogP contribution is -1.98. The molecule has 3 N–H and O–H groups in total. The van der Waals surface area contributed by atoms with Crippen LogP contribution in [0.1, 0.15) is 0 Å². The Balaban J connectivity index is 2.32. The Labute approximate surface area is 98.0 Å². The molecule has 90 valence electrons. The van der Waals surface area contributed by atoms with Crippen molar-refractivity contribution in [2.75, 3.05) is 18.2 Å². The van der Waals surface area contributed by atoms with Gasteiger partial charge in [0.05, 0.1) is 18.5 Å². The summed E-state index contributed by atoms with van der Waals surface area (Å²) in [5, 5.41) is 6.90. The van der Waals surface area contributed by atoms with Crippen molar-refractivity contribution >= 4 is 17.2 Å². The number of halogens is 1. The van der Waals surface area contributed by atoms with Gasteiger partial charge in [-0.2, -0.15) is 5.10 Å². The molecule has 0 atom stereocenters. The van der Waals surface area contributed by atoms with E-state index < -0.39 is 5.82 Å². The molecule has 6 heteroatoms. The number of aromatic nitrogens is 2. The zero-order chi connectivity index (χ0) is 12.4. The van der Waals surface area contributed by atoms with Crippen LogP contribution in [0.25, 0.3) is 0 Å². The van der Waals surface area contributed by atoms with E-state index in [-0.39, 0.29) is 5.69 Å². The van der Waals surface area contributed by atoms with E-state index in [1.54, 1.807) is 30.1 Å². The third-order valence-corrected chi connectivity index (χ3v) is 2.28. The van der Waals surface area contributed by atoms with Crippen LogP contribution >= 0.6 is 0 Å². The molecule has 0 aliphatic rings. The monoisotopic (exact) mass is 236 g/mol. The van der Waals surface area contributed by atoms with Gasteiger partial charge in [0.2, 0.25) is 0 Å². The van der Waals surface area contributed by atoms with Gasteiger partial charge in [-0.25, -0.2) is 4.39 Å². The summed E-state index contributed by atoms with van der Waals surface area (Å²) in [5.41, 5.74) is 6.44. The minimum atomic E-state index is -0.393. The van der Waals surface area contributed by atoms with Gasteiger partial charge >= 0.3 is 0 Å². The van der Waals surface area contributed by atoms with Crippen molar-refractivity contribution in [2.24, 2.45) is 7.05 Å². The summed E-state index contributed by atoms with van der Waals surface area (Å²) in [7, 11) is 3.26. The second-order valence-corrected chi connectivity index (χ2v) is 3.58. The van der Waals surface area contributed by atoms with Gasteiger partial charge in [-0.3, -0.25) is 4.68 Å². The molecule has 1 aromatic carbocycles. The van der Waals surface area contributed by atoms with E-state index in [1.807, 2.05) is 0 Å². The summed E-state index contributed by atoms with van der Waals surface area (Å²) in [6.07, 6.45) is 1.64. The molecule has 0 aliphatic heterocycles. The van der Waals surface area contributed by atoms with E-state index in [9.17, 15) is 4.39 Å². The fraction of sp³-hybridized carbons (Fsp3) is 0.182. The molecular weight excluding hydrogens is 223 g/mol. The first-order chi connectivity index (χ1) is 8.10. The highest BCUT2D eigenvalue weighted by molar-refractivity contribution is 5.69. The molecule has 0 unspecified atom stereocenters. The van der Waals surface area contributed by atoms with Crippen LogP contribution in [0.15, 0.2) is 24.4 Å². The Bertz CT molecular complexity index is 538. The molecular formula is C11H13FN4O. The van der Waals surface area contributed by atoms with E-state index in [4.69, 9.17) is 10.5 Å². The summed E-state index contributed by atoms with van der Waals surface area (Å²) in [5.74, 6) is 0.582. The molecule has 2 aromatic rings. The molecule has 1 heterocycles. The molecule has 0 fully saturated rings. The second-order valence-electron chi connectivity index (χ2n) is 3.58. The van der Waals surface area contributed by atoms with Crippen LogP contribution in [0, 0.1) is 5.82 Å². The first-order valence-corrected chi connectivity index (χ1v) is 5.00. The van der Waals surface area contributed by atoms with Crippen molar-refractivity contribution < 1.29 is 9.13 Å². The van der Waals surface area contributed by atoms with Crippen molar-refractivity contribution in [3.63, 3.8) is 0 Å². The molecule has 0 saturated carbocycles. The van der Waals surface area contributed by atoms with Crippen molar-refractivity contribution in [3.8, 4) is 5.75 Å². The molecule has 0 saturated heterocycles. The first kappa shape index (κ1) is 11.3. The minimum Gasteiger partial charge on any atom is -0.497 e. The van der Waals surface area contributed by atoms with Crippen molar-refractivity contribution in [2.45, 2.75) is 0 Å². The van der Waals surface area contributed by atoms with Crippen molar-refractivity contribution in [1.29, 1.82) is 0 Å². The van der Waals surface area contributed by atoms with Crippen LogP contribution in [-0.2, 0) is 7.05 Å². The largest absolute Gasteiger partial charge is 0.497 e. The molecule has 1 aromatic heterocycles. The molecule has 0 radical (unpaired) electrons. The summed E-state index contributed by atoms with van der Waals surface area (Å²) < 4.78 is 20.1. The van der Waals surface area contributed by atoms with Gasteiger partial charge in [0.15, 0.2) is 5.82 Å². The number of nitrogens with two attached hydrogens (primary N) is 1. The predicted molar refractivity (Wildman–Crippen MR) is 63.9 cm³/mol. The number of aryl methyl sites for hydroxylation is 1. The minimum absolute atomic E-state index is 0.273. The summed E-state index contributed by atoms with van der Waals surface area (Å²) in [6.45, 7) is 0. The number of methoxy groups -OCH3 is 1. The number of nitrogens with zero attached hydrogens (tertiary/aromatic N) is 2. The Hall–Kier alpha value is -2.24. The lowest BCUT2D eigenvalue weighted by atomic mass is 10.3. The zero-order valence-corrected chi connectivity index (χ0v) is 9.57. The van der Waals surface area contributed by atoms with Gasteiger partial charge in [-0.15, -0.1) is 0 Å². The maximum Gasteiger partial charge on any atom is 0.175 e. The molecule has 2 rings (SSSR count). The van der Waals surface area contributed by atoms with E-state index in [0.29, 0.717) is 17.3 Å². The van der Waals surface area contributed by atoms with E-state index in [0.717, 1.165) is 0 Å². The Morgan fingerprint density at radius 2 is 2.24 bits per heavy atom.